The van der Waals surface area contributed by atoms with Gasteiger partial charge in [0.1, 0.15) is 12.5 Å². The van der Waals surface area contributed by atoms with E-state index in [0.717, 1.165) is 31.1 Å². The van der Waals surface area contributed by atoms with Crippen LogP contribution in [0.4, 0.5) is 4.39 Å². The van der Waals surface area contributed by atoms with E-state index >= 15 is 0 Å². The predicted molar refractivity (Wildman–Crippen MR) is 150 cm³/mol. The van der Waals surface area contributed by atoms with Gasteiger partial charge in [0.25, 0.3) is 0 Å². The third kappa shape index (κ3) is 8.32. The highest BCUT2D eigenvalue weighted by Gasteiger charge is 2.52. The first kappa shape index (κ1) is 31.2. The fraction of sp³-hybridized carbons (Fsp3) is 0.700. The smallest absolute Gasteiger partial charge is 0.237 e. The number of aliphatic hydroxyl groups excluding tert-OH is 1. The van der Waals surface area contributed by atoms with Crippen LogP contribution >= 0.6 is 0 Å². The Morgan fingerprint density at radius 2 is 2.00 bits per heavy atom. The molecule has 0 radical (unpaired) electrons. The van der Waals surface area contributed by atoms with Crippen molar-refractivity contribution in [2.24, 2.45) is 5.92 Å². The van der Waals surface area contributed by atoms with E-state index in [-0.39, 0.29) is 24.3 Å². The number of nitrogens with zero attached hydrogens (tertiary/aromatic N) is 1. The van der Waals surface area contributed by atoms with Crippen molar-refractivity contribution in [1.29, 1.82) is 0 Å². The topological polar surface area (TPSA) is 111 Å². The summed E-state index contributed by atoms with van der Waals surface area (Å²) in [6.07, 6.45) is 3.57. The van der Waals surface area contributed by atoms with Gasteiger partial charge in [-0.2, -0.15) is 0 Å². The number of likely N-dealkylation sites (tertiary alicyclic amines) is 1. The SMILES string of the molecule is CCCCNC(=O)[C@H](C)C[C@H](O)[C@H](Cc1ccccc1)NC(=O)[C@H](C)N1CC[C@]2(C[C@H](F)CN2)C1CCC=O. The number of alkyl halides is 1. The molecular formula is C30H47FN4O4. The molecule has 1 aromatic carbocycles. The van der Waals surface area contributed by atoms with Gasteiger partial charge in [0, 0.05) is 43.6 Å². The monoisotopic (exact) mass is 546 g/mol. The van der Waals surface area contributed by atoms with Gasteiger partial charge in [0.15, 0.2) is 0 Å². The van der Waals surface area contributed by atoms with E-state index in [9.17, 15) is 23.9 Å². The van der Waals surface area contributed by atoms with Gasteiger partial charge in [-0.25, -0.2) is 4.39 Å². The van der Waals surface area contributed by atoms with Gasteiger partial charge in [0.05, 0.1) is 18.2 Å². The molecule has 7 atom stereocenters. The molecule has 0 saturated carbocycles. The Balaban J connectivity index is 1.71. The van der Waals surface area contributed by atoms with Crippen molar-refractivity contribution in [2.45, 2.75) is 108 Å². The number of benzene rings is 1. The first-order valence-corrected chi connectivity index (χ1v) is 14.6. The summed E-state index contributed by atoms with van der Waals surface area (Å²) in [6, 6.07) is 8.42. The zero-order valence-electron chi connectivity index (χ0n) is 23.7. The van der Waals surface area contributed by atoms with Crippen LogP contribution in [0.1, 0.15) is 71.3 Å². The van der Waals surface area contributed by atoms with Crippen LogP contribution in [0.2, 0.25) is 0 Å². The minimum Gasteiger partial charge on any atom is -0.391 e. The lowest BCUT2D eigenvalue weighted by atomic mass is 9.85. The first-order valence-electron chi connectivity index (χ1n) is 14.6. The number of aliphatic hydroxyl groups is 1. The summed E-state index contributed by atoms with van der Waals surface area (Å²) in [5.74, 6) is -0.730. The molecule has 0 aromatic heterocycles. The summed E-state index contributed by atoms with van der Waals surface area (Å²) in [6.45, 7) is 7.21. The Bertz CT molecular complexity index is 935. The van der Waals surface area contributed by atoms with Gasteiger partial charge in [0.2, 0.25) is 11.8 Å². The van der Waals surface area contributed by atoms with Crippen molar-refractivity contribution >= 4 is 18.1 Å². The Hall–Kier alpha value is -2.36. The van der Waals surface area contributed by atoms with Gasteiger partial charge in [-0.05, 0) is 51.0 Å². The zero-order valence-corrected chi connectivity index (χ0v) is 23.7. The number of hydrogen-bond acceptors (Lipinski definition) is 6. The van der Waals surface area contributed by atoms with Crippen molar-refractivity contribution in [3.05, 3.63) is 35.9 Å². The minimum absolute atomic E-state index is 0.101. The number of unbranched alkanes of at least 4 members (excludes halogenated alkanes) is 1. The minimum atomic E-state index is -0.931. The standard InChI is InChI=1S/C30H47FN4O4/c1-4-5-14-32-28(38)21(2)17-26(37)25(18-23-10-7-6-8-11-23)34-29(39)22(3)35-15-13-30(19-24(31)20-33-30)27(35)12-9-16-36/h6-8,10-11,16,21-22,24-27,33,37H,4-5,9,12-15,17-20H2,1-3H3,(H,32,38)(H,34,39)/t21-,22+,24+,25+,26+,27?,30+/m1/s1. The van der Waals surface area contributed by atoms with Gasteiger partial charge in [-0.1, -0.05) is 50.6 Å². The molecule has 0 bridgehead atoms. The summed E-state index contributed by atoms with van der Waals surface area (Å²) < 4.78 is 14.2. The highest BCUT2D eigenvalue weighted by Crippen LogP contribution is 2.40. The molecule has 218 valence electrons. The van der Waals surface area contributed by atoms with Crippen LogP contribution < -0.4 is 16.0 Å². The molecule has 2 aliphatic heterocycles. The van der Waals surface area contributed by atoms with Gasteiger partial charge >= 0.3 is 0 Å². The lowest BCUT2D eigenvalue weighted by Gasteiger charge is -2.38. The summed E-state index contributed by atoms with van der Waals surface area (Å²) >= 11 is 0. The molecule has 1 unspecified atom stereocenters. The van der Waals surface area contributed by atoms with E-state index in [4.69, 9.17) is 0 Å². The second-order valence-electron chi connectivity index (χ2n) is 11.4. The van der Waals surface area contributed by atoms with Crippen LogP contribution in [-0.2, 0) is 20.8 Å². The molecule has 0 aliphatic carbocycles. The lowest BCUT2D eigenvalue weighted by molar-refractivity contribution is -0.128. The van der Waals surface area contributed by atoms with Crippen LogP contribution in [0, 0.1) is 5.92 Å². The molecule has 8 nitrogen and oxygen atoms in total. The van der Waals surface area contributed by atoms with Crippen LogP contribution in [-0.4, -0.2) is 83.7 Å². The van der Waals surface area contributed by atoms with Crippen molar-refractivity contribution in [1.82, 2.24) is 20.9 Å². The Morgan fingerprint density at radius 3 is 2.64 bits per heavy atom. The second kappa shape index (κ2) is 14.9. The molecule has 3 rings (SSSR count). The molecule has 2 fully saturated rings. The Morgan fingerprint density at radius 1 is 1.26 bits per heavy atom. The number of halogens is 1. The second-order valence-corrected chi connectivity index (χ2v) is 11.4. The number of amides is 2. The molecule has 9 heteroatoms. The van der Waals surface area contributed by atoms with Crippen molar-refractivity contribution in [2.75, 3.05) is 19.6 Å². The number of rotatable bonds is 15. The molecule has 2 saturated heterocycles. The zero-order chi connectivity index (χ0) is 28.4. The Kier molecular flexibility index (Phi) is 11.9. The lowest BCUT2D eigenvalue weighted by Crippen LogP contribution is -2.57. The highest BCUT2D eigenvalue weighted by atomic mass is 19.1. The molecule has 4 N–H and O–H groups in total. The summed E-state index contributed by atoms with van der Waals surface area (Å²) in [5.41, 5.74) is 0.545. The van der Waals surface area contributed by atoms with Crippen molar-refractivity contribution in [3.8, 4) is 0 Å². The van der Waals surface area contributed by atoms with Crippen LogP contribution in [0.15, 0.2) is 30.3 Å². The maximum absolute atomic E-state index is 14.2. The molecule has 1 spiro atoms. The average molecular weight is 547 g/mol. The third-order valence-electron chi connectivity index (χ3n) is 8.51. The van der Waals surface area contributed by atoms with E-state index in [1.54, 1.807) is 6.92 Å². The number of nitrogens with one attached hydrogen (secondary N) is 3. The van der Waals surface area contributed by atoms with E-state index in [1.807, 2.05) is 37.3 Å². The van der Waals surface area contributed by atoms with E-state index in [1.165, 1.54) is 0 Å². The van der Waals surface area contributed by atoms with Crippen LogP contribution in [0.5, 0.6) is 0 Å². The fourth-order valence-corrected chi connectivity index (χ4v) is 6.20. The quantitative estimate of drug-likeness (QED) is 0.199. The summed E-state index contributed by atoms with van der Waals surface area (Å²) in [7, 11) is 0. The number of hydrogen-bond donors (Lipinski definition) is 4. The van der Waals surface area contributed by atoms with E-state index in [0.29, 0.717) is 45.3 Å². The summed E-state index contributed by atoms with van der Waals surface area (Å²) in [5, 5.41) is 20.6. The van der Waals surface area contributed by atoms with E-state index in [2.05, 4.69) is 27.8 Å². The van der Waals surface area contributed by atoms with Crippen molar-refractivity contribution < 1.29 is 23.9 Å². The normalized spacial score (nSPS) is 26.2. The van der Waals surface area contributed by atoms with Crippen molar-refractivity contribution in [3.63, 3.8) is 0 Å². The van der Waals surface area contributed by atoms with Gasteiger partial charge in [-0.3, -0.25) is 14.5 Å². The number of carbonyl (C=O) groups excluding carboxylic acids is 3. The van der Waals surface area contributed by atoms with E-state index < -0.39 is 35.8 Å². The predicted octanol–water partition coefficient (Wildman–Crippen LogP) is 2.53. The number of carbonyl (C=O) groups is 3. The van der Waals surface area contributed by atoms with Crippen LogP contribution in [0.3, 0.4) is 0 Å². The molecule has 2 heterocycles. The summed E-state index contributed by atoms with van der Waals surface area (Å²) in [4.78, 5) is 39.4. The molecule has 2 amide bonds. The Labute approximate surface area is 232 Å². The van der Waals surface area contributed by atoms with Crippen LogP contribution in [0.25, 0.3) is 0 Å². The average Bonchev–Trinajstić information content (AvgIpc) is 3.48. The maximum Gasteiger partial charge on any atom is 0.237 e. The maximum atomic E-state index is 14.2. The highest BCUT2D eigenvalue weighted by molar-refractivity contribution is 5.82. The molecule has 1 aromatic rings. The fourth-order valence-electron chi connectivity index (χ4n) is 6.20. The first-order chi connectivity index (χ1) is 18.7. The molecular weight excluding hydrogens is 499 g/mol. The molecule has 2 aliphatic rings. The largest absolute Gasteiger partial charge is 0.391 e. The van der Waals surface area contributed by atoms with Gasteiger partial charge in [-0.15, -0.1) is 0 Å². The number of aldehydes is 1. The third-order valence-corrected chi connectivity index (χ3v) is 8.51. The van der Waals surface area contributed by atoms with Gasteiger partial charge < -0.3 is 25.9 Å². The molecule has 39 heavy (non-hydrogen) atoms.